The van der Waals surface area contributed by atoms with Gasteiger partial charge < -0.3 is 20.4 Å². The van der Waals surface area contributed by atoms with Crippen molar-refractivity contribution in [3.63, 3.8) is 0 Å². The third-order valence-corrected chi connectivity index (χ3v) is 5.76. The quantitative estimate of drug-likeness (QED) is 0.158. The molecular weight excluding hydrogens is 496 g/mol. The normalized spacial score (nSPS) is 14.8. The number of rotatable bonds is 12. The third kappa shape index (κ3) is 7.33. The summed E-state index contributed by atoms with van der Waals surface area (Å²) in [5.74, 6) is 0. The van der Waals surface area contributed by atoms with E-state index in [1.807, 2.05) is 0 Å². The number of nitro benzene ring substituents is 2. The second-order valence-corrected chi connectivity index (χ2v) is 8.31. The molecule has 0 saturated heterocycles. The number of non-ortho nitro benzene ring substituents is 2. The smallest absolute Gasteiger partial charge is 0.269 e. The summed E-state index contributed by atoms with van der Waals surface area (Å²) in [6.45, 7) is -0.891. The lowest BCUT2D eigenvalue weighted by atomic mass is 10.0. The van der Waals surface area contributed by atoms with Gasteiger partial charge in [-0.1, -0.05) is 24.3 Å². The zero-order chi connectivity index (χ0) is 27.7. The van der Waals surface area contributed by atoms with Crippen molar-refractivity contribution in [1.82, 2.24) is 0 Å². The van der Waals surface area contributed by atoms with Gasteiger partial charge in [-0.15, -0.1) is 0 Å². The van der Waals surface area contributed by atoms with Gasteiger partial charge in [0.25, 0.3) is 11.4 Å². The van der Waals surface area contributed by atoms with Crippen LogP contribution in [0.5, 0.6) is 0 Å². The van der Waals surface area contributed by atoms with E-state index in [1.165, 1.54) is 61.0 Å². The Hall–Kier alpha value is -4.36. The van der Waals surface area contributed by atoms with Gasteiger partial charge in [-0.05, 0) is 46.5 Å². The van der Waals surface area contributed by atoms with Crippen LogP contribution >= 0.6 is 0 Å². The monoisotopic (exact) mass is 522 g/mol. The first-order valence-corrected chi connectivity index (χ1v) is 11.5. The Morgan fingerprint density at radius 3 is 1.21 bits per heavy atom. The Labute approximate surface area is 217 Å². The molecule has 12 nitrogen and oxygen atoms in total. The predicted molar refractivity (Wildman–Crippen MR) is 139 cm³/mol. The molecule has 0 unspecified atom stereocenters. The van der Waals surface area contributed by atoms with E-state index in [9.17, 15) is 40.7 Å². The van der Waals surface area contributed by atoms with Gasteiger partial charge >= 0.3 is 0 Å². The second-order valence-electron chi connectivity index (χ2n) is 8.31. The molecule has 0 aromatic heterocycles. The standard InChI is InChI=1S/C26H26N4O8/c31-15-23(25(33)19-5-9-21(10-6-19)29(35)36)27-13-17-1-2-18(4-3-17)14-28-24(16-32)26(34)20-7-11-22(12-8-20)30(37)38/h1-14,23-26,31-34H,15-16H2/t23-,24-,25-,26-/m0/s1. The molecule has 0 aliphatic carbocycles. The minimum absolute atomic E-state index is 0.111. The highest BCUT2D eigenvalue weighted by molar-refractivity contribution is 5.84. The molecule has 38 heavy (non-hydrogen) atoms. The molecule has 0 heterocycles. The van der Waals surface area contributed by atoms with Crippen molar-refractivity contribution in [2.75, 3.05) is 13.2 Å². The van der Waals surface area contributed by atoms with Crippen LogP contribution in [0.4, 0.5) is 11.4 Å². The summed E-state index contributed by atoms with van der Waals surface area (Å²) in [5.41, 5.74) is 1.88. The highest BCUT2D eigenvalue weighted by Gasteiger charge is 2.21. The fraction of sp³-hybridized carbons (Fsp3) is 0.231. The molecule has 12 heteroatoms. The van der Waals surface area contributed by atoms with E-state index in [0.717, 1.165) is 0 Å². The maximum atomic E-state index is 10.8. The zero-order valence-corrected chi connectivity index (χ0v) is 20.0. The SMILES string of the molecule is O=[N+]([O-])c1ccc([C@H](O)[C@H](CO)N=Cc2ccc(C=N[C@@H](CO)[C@@H](O)c3ccc([N+](=O)[O-])cc3)cc2)cc1. The number of aliphatic hydroxyl groups is 4. The van der Waals surface area contributed by atoms with Crippen LogP contribution in [0.2, 0.25) is 0 Å². The first-order valence-electron chi connectivity index (χ1n) is 11.5. The van der Waals surface area contributed by atoms with E-state index in [0.29, 0.717) is 22.3 Å². The Bertz CT molecular complexity index is 1180. The molecule has 0 fully saturated rings. The van der Waals surface area contributed by atoms with Crippen LogP contribution in [0.15, 0.2) is 82.8 Å². The zero-order valence-electron chi connectivity index (χ0n) is 20.0. The van der Waals surface area contributed by atoms with Crippen LogP contribution in [0, 0.1) is 20.2 Å². The largest absolute Gasteiger partial charge is 0.394 e. The minimum Gasteiger partial charge on any atom is -0.394 e. The number of aliphatic hydroxyl groups excluding tert-OH is 4. The van der Waals surface area contributed by atoms with Gasteiger partial charge in [0, 0.05) is 36.7 Å². The van der Waals surface area contributed by atoms with Gasteiger partial charge in [-0.2, -0.15) is 0 Å². The Morgan fingerprint density at radius 1 is 0.632 bits per heavy atom. The van der Waals surface area contributed by atoms with Crippen molar-refractivity contribution in [3.8, 4) is 0 Å². The van der Waals surface area contributed by atoms with Crippen LogP contribution in [-0.4, -0.2) is 68.0 Å². The van der Waals surface area contributed by atoms with E-state index in [2.05, 4.69) is 9.98 Å². The van der Waals surface area contributed by atoms with Crippen LogP contribution < -0.4 is 0 Å². The lowest BCUT2D eigenvalue weighted by Crippen LogP contribution is -2.21. The van der Waals surface area contributed by atoms with Crippen molar-refractivity contribution in [1.29, 1.82) is 0 Å². The summed E-state index contributed by atoms with van der Waals surface area (Å²) >= 11 is 0. The first-order chi connectivity index (χ1) is 18.2. The Kier molecular flexibility index (Phi) is 9.85. The molecule has 3 aromatic carbocycles. The molecule has 0 aliphatic heterocycles. The van der Waals surface area contributed by atoms with Crippen LogP contribution in [0.3, 0.4) is 0 Å². The Balaban J connectivity index is 1.64. The molecule has 198 valence electrons. The highest BCUT2D eigenvalue weighted by atomic mass is 16.6. The topological polar surface area (TPSA) is 192 Å². The van der Waals surface area contributed by atoms with Gasteiger partial charge in [0.15, 0.2) is 0 Å². The lowest BCUT2D eigenvalue weighted by Gasteiger charge is -2.17. The molecule has 3 aromatic rings. The number of aliphatic imine (C=N–C) groups is 2. The molecule has 4 N–H and O–H groups in total. The Morgan fingerprint density at radius 2 is 0.947 bits per heavy atom. The average molecular weight is 523 g/mol. The van der Waals surface area contributed by atoms with Crippen LogP contribution in [-0.2, 0) is 0 Å². The molecule has 0 amide bonds. The van der Waals surface area contributed by atoms with Crippen molar-refractivity contribution in [3.05, 3.63) is 115 Å². The molecule has 0 aliphatic rings. The summed E-state index contributed by atoms with van der Waals surface area (Å²) in [7, 11) is 0. The summed E-state index contributed by atoms with van der Waals surface area (Å²) in [5, 5.41) is 61.9. The molecule has 4 atom stereocenters. The fourth-order valence-electron chi connectivity index (χ4n) is 3.52. The van der Waals surface area contributed by atoms with Gasteiger partial charge in [0.05, 0.1) is 23.1 Å². The van der Waals surface area contributed by atoms with E-state index in [-0.39, 0.29) is 11.4 Å². The van der Waals surface area contributed by atoms with Crippen molar-refractivity contribution in [2.24, 2.45) is 9.98 Å². The fourth-order valence-corrected chi connectivity index (χ4v) is 3.52. The predicted octanol–water partition coefficient (Wildman–Crippen LogP) is 2.53. The van der Waals surface area contributed by atoms with Gasteiger partial charge in [0.1, 0.15) is 24.3 Å². The molecule has 0 radical (unpaired) electrons. The van der Waals surface area contributed by atoms with Crippen molar-refractivity contribution in [2.45, 2.75) is 24.3 Å². The molecule has 0 saturated carbocycles. The molecule has 0 bridgehead atoms. The number of hydrogen-bond donors (Lipinski definition) is 4. The lowest BCUT2D eigenvalue weighted by molar-refractivity contribution is -0.385. The molecule has 3 rings (SSSR count). The third-order valence-electron chi connectivity index (χ3n) is 5.76. The second kappa shape index (κ2) is 13.3. The number of hydrogen-bond acceptors (Lipinski definition) is 10. The van der Waals surface area contributed by atoms with Crippen molar-refractivity contribution < 1.29 is 30.3 Å². The first kappa shape index (κ1) is 28.2. The van der Waals surface area contributed by atoms with Gasteiger partial charge in [-0.25, -0.2) is 0 Å². The van der Waals surface area contributed by atoms with Gasteiger partial charge in [0.2, 0.25) is 0 Å². The van der Waals surface area contributed by atoms with E-state index in [1.54, 1.807) is 24.3 Å². The highest BCUT2D eigenvalue weighted by Crippen LogP contribution is 2.23. The maximum Gasteiger partial charge on any atom is 0.269 e. The van der Waals surface area contributed by atoms with Crippen LogP contribution in [0.1, 0.15) is 34.5 Å². The molecular formula is C26H26N4O8. The maximum absolute atomic E-state index is 10.8. The average Bonchev–Trinajstić information content (AvgIpc) is 2.94. The molecule has 0 spiro atoms. The summed E-state index contributed by atoms with van der Waals surface area (Å²) in [4.78, 5) is 29.0. The van der Waals surface area contributed by atoms with E-state index >= 15 is 0 Å². The number of benzene rings is 3. The summed E-state index contributed by atoms with van der Waals surface area (Å²) < 4.78 is 0. The van der Waals surface area contributed by atoms with Gasteiger partial charge in [-0.3, -0.25) is 30.2 Å². The minimum atomic E-state index is -1.17. The van der Waals surface area contributed by atoms with E-state index in [4.69, 9.17) is 0 Å². The van der Waals surface area contributed by atoms with Crippen molar-refractivity contribution >= 4 is 23.8 Å². The summed E-state index contributed by atoms with van der Waals surface area (Å²) in [6.07, 6.45) is 0.624. The number of nitro groups is 2. The number of nitrogens with zero attached hydrogens (tertiary/aromatic N) is 4. The van der Waals surface area contributed by atoms with Crippen LogP contribution in [0.25, 0.3) is 0 Å². The van der Waals surface area contributed by atoms with E-state index < -0.39 is 47.4 Å². The summed E-state index contributed by atoms with van der Waals surface area (Å²) in [6, 6.07) is 15.8.